The first-order chi connectivity index (χ1) is 5.20. The summed E-state index contributed by atoms with van der Waals surface area (Å²) in [7, 11) is 0. The van der Waals surface area contributed by atoms with Crippen LogP contribution in [0.4, 0.5) is 0 Å². The van der Waals surface area contributed by atoms with Crippen molar-refractivity contribution in [3.05, 3.63) is 0 Å². The Labute approximate surface area is 78.3 Å². The number of aliphatic hydroxyl groups is 1. The summed E-state index contributed by atoms with van der Waals surface area (Å²) in [5, 5.41) is 12.3. The molecule has 0 radical (unpaired) electrons. The second-order valence-electron chi connectivity index (χ2n) is 2.82. The van der Waals surface area contributed by atoms with E-state index in [1.807, 2.05) is 0 Å². The molecule has 4 nitrogen and oxygen atoms in total. The molecule has 5 heteroatoms. The number of β-amino-alcohol motifs (C(OH)–C–C–N with tert-alkyl or cyclic N) is 1. The van der Waals surface area contributed by atoms with Crippen LogP contribution >= 0.6 is 12.4 Å². The molecule has 1 saturated heterocycles. The summed E-state index contributed by atoms with van der Waals surface area (Å²) in [4.78, 5) is 12.5. The molecular weight excluding hydrogens is 180 g/mol. The molecule has 1 atom stereocenters. The van der Waals surface area contributed by atoms with Gasteiger partial charge in [0.15, 0.2) is 0 Å². The van der Waals surface area contributed by atoms with Crippen molar-refractivity contribution in [2.75, 3.05) is 26.2 Å². The Balaban J connectivity index is 0.00000121. The average molecular weight is 195 g/mol. The maximum absolute atomic E-state index is 10.9. The Hall–Kier alpha value is -0.320. The number of carbonyl (C=O) groups excluding carboxylic acids is 1. The largest absolute Gasteiger partial charge is 0.390 e. The monoisotopic (exact) mass is 194 g/mol. The van der Waals surface area contributed by atoms with E-state index >= 15 is 0 Å². The van der Waals surface area contributed by atoms with Gasteiger partial charge in [0.2, 0.25) is 5.91 Å². The van der Waals surface area contributed by atoms with E-state index in [-0.39, 0.29) is 18.3 Å². The molecule has 72 valence electrons. The standard InChI is InChI=1S/C7H14N2O2.ClH/c1-6(10)9-3-2-8-4-7(11)5-9;/h7-8,11H,2-5H2,1H3;1H. The second kappa shape index (κ2) is 5.35. The van der Waals surface area contributed by atoms with Crippen molar-refractivity contribution in [3.63, 3.8) is 0 Å². The van der Waals surface area contributed by atoms with Gasteiger partial charge in [-0.25, -0.2) is 0 Å². The molecule has 1 aliphatic heterocycles. The first-order valence-corrected chi connectivity index (χ1v) is 3.84. The van der Waals surface area contributed by atoms with E-state index in [0.717, 1.165) is 6.54 Å². The third-order valence-electron chi connectivity index (χ3n) is 1.81. The van der Waals surface area contributed by atoms with Gasteiger partial charge in [-0.05, 0) is 0 Å². The van der Waals surface area contributed by atoms with E-state index in [4.69, 9.17) is 0 Å². The molecule has 0 aromatic heterocycles. The molecule has 1 aliphatic rings. The lowest BCUT2D eigenvalue weighted by atomic mass is 10.3. The molecule has 0 aromatic rings. The molecule has 0 spiro atoms. The van der Waals surface area contributed by atoms with Gasteiger partial charge in [-0.15, -0.1) is 12.4 Å². The molecule has 0 bridgehead atoms. The van der Waals surface area contributed by atoms with E-state index < -0.39 is 6.10 Å². The van der Waals surface area contributed by atoms with E-state index in [1.54, 1.807) is 4.90 Å². The highest BCUT2D eigenvalue weighted by Gasteiger charge is 2.16. The van der Waals surface area contributed by atoms with Gasteiger partial charge in [0, 0.05) is 33.1 Å². The van der Waals surface area contributed by atoms with Gasteiger partial charge in [0.05, 0.1) is 6.10 Å². The minimum Gasteiger partial charge on any atom is -0.390 e. The minimum atomic E-state index is -0.415. The maximum Gasteiger partial charge on any atom is 0.219 e. The van der Waals surface area contributed by atoms with E-state index in [9.17, 15) is 9.90 Å². The summed E-state index contributed by atoms with van der Waals surface area (Å²) in [6.45, 7) is 4.05. The molecule has 2 N–H and O–H groups in total. The van der Waals surface area contributed by atoms with Crippen LogP contribution in [0.15, 0.2) is 0 Å². The zero-order valence-electron chi connectivity index (χ0n) is 7.12. The zero-order chi connectivity index (χ0) is 8.27. The van der Waals surface area contributed by atoms with Crippen molar-refractivity contribution in [1.29, 1.82) is 0 Å². The fourth-order valence-corrected chi connectivity index (χ4v) is 1.18. The fraction of sp³-hybridized carbons (Fsp3) is 0.857. The molecular formula is C7H15ClN2O2. The molecule has 1 rings (SSSR count). The Morgan fingerprint density at radius 2 is 2.33 bits per heavy atom. The lowest BCUT2D eigenvalue weighted by Gasteiger charge is -2.19. The minimum absolute atomic E-state index is 0. The quantitative estimate of drug-likeness (QED) is 0.532. The van der Waals surface area contributed by atoms with E-state index in [2.05, 4.69) is 5.32 Å². The number of carbonyl (C=O) groups is 1. The van der Waals surface area contributed by atoms with Crippen molar-refractivity contribution in [2.24, 2.45) is 0 Å². The Bertz CT molecular complexity index is 154. The van der Waals surface area contributed by atoms with Crippen LogP contribution in [0.1, 0.15) is 6.92 Å². The molecule has 1 unspecified atom stereocenters. The van der Waals surface area contributed by atoms with Crippen molar-refractivity contribution in [2.45, 2.75) is 13.0 Å². The smallest absolute Gasteiger partial charge is 0.219 e. The van der Waals surface area contributed by atoms with Crippen LogP contribution < -0.4 is 5.32 Å². The van der Waals surface area contributed by atoms with Crippen LogP contribution in [0.2, 0.25) is 0 Å². The number of halogens is 1. The van der Waals surface area contributed by atoms with Gasteiger partial charge in [0.1, 0.15) is 0 Å². The fourth-order valence-electron chi connectivity index (χ4n) is 1.18. The number of hydrogen-bond donors (Lipinski definition) is 2. The molecule has 0 aromatic carbocycles. The number of nitrogens with zero attached hydrogens (tertiary/aromatic N) is 1. The highest BCUT2D eigenvalue weighted by molar-refractivity contribution is 5.85. The number of rotatable bonds is 0. The van der Waals surface area contributed by atoms with Crippen LogP contribution in [0, 0.1) is 0 Å². The third kappa shape index (κ3) is 3.38. The third-order valence-corrected chi connectivity index (χ3v) is 1.81. The molecule has 1 heterocycles. The van der Waals surface area contributed by atoms with Gasteiger partial charge in [-0.3, -0.25) is 4.79 Å². The summed E-state index contributed by atoms with van der Waals surface area (Å²) in [5.41, 5.74) is 0. The lowest BCUT2D eigenvalue weighted by molar-refractivity contribution is -0.129. The van der Waals surface area contributed by atoms with Crippen LogP contribution in [-0.2, 0) is 4.79 Å². The van der Waals surface area contributed by atoms with E-state index in [1.165, 1.54) is 6.92 Å². The summed E-state index contributed by atoms with van der Waals surface area (Å²) < 4.78 is 0. The average Bonchev–Trinajstić information content (AvgIpc) is 2.13. The normalized spacial score (nSPS) is 24.2. The highest BCUT2D eigenvalue weighted by Crippen LogP contribution is 1.95. The summed E-state index contributed by atoms with van der Waals surface area (Å²) in [6, 6.07) is 0. The van der Waals surface area contributed by atoms with Crippen molar-refractivity contribution in [1.82, 2.24) is 10.2 Å². The highest BCUT2D eigenvalue weighted by atomic mass is 35.5. The number of hydrogen-bond acceptors (Lipinski definition) is 3. The SMILES string of the molecule is CC(=O)N1CCNCC(O)C1.Cl. The van der Waals surface area contributed by atoms with Crippen molar-refractivity contribution < 1.29 is 9.90 Å². The molecule has 0 aliphatic carbocycles. The van der Waals surface area contributed by atoms with Gasteiger partial charge in [-0.2, -0.15) is 0 Å². The number of nitrogens with one attached hydrogen (secondary N) is 1. The van der Waals surface area contributed by atoms with Crippen LogP contribution in [-0.4, -0.2) is 48.2 Å². The van der Waals surface area contributed by atoms with Crippen LogP contribution in [0.3, 0.4) is 0 Å². The number of aliphatic hydroxyl groups excluding tert-OH is 1. The van der Waals surface area contributed by atoms with E-state index in [0.29, 0.717) is 19.6 Å². The van der Waals surface area contributed by atoms with Gasteiger partial charge in [0.25, 0.3) is 0 Å². The summed E-state index contributed by atoms with van der Waals surface area (Å²) in [5.74, 6) is 0.0350. The first kappa shape index (κ1) is 11.7. The second-order valence-corrected chi connectivity index (χ2v) is 2.82. The maximum atomic E-state index is 10.9. The van der Waals surface area contributed by atoms with Gasteiger partial charge in [-0.1, -0.05) is 0 Å². The summed E-state index contributed by atoms with van der Waals surface area (Å²) >= 11 is 0. The predicted octanol–water partition coefficient (Wildman–Crippen LogP) is -0.779. The molecule has 0 saturated carbocycles. The zero-order valence-corrected chi connectivity index (χ0v) is 7.93. The van der Waals surface area contributed by atoms with Crippen LogP contribution in [0.5, 0.6) is 0 Å². The Morgan fingerprint density at radius 1 is 1.67 bits per heavy atom. The Morgan fingerprint density at radius 3 is 2.92 bits per heavy atom. The topological polar surface area (TPSA) is 52.6 Å². The van der Waals surface area contributed by atoms with Gasteiger partial charge >= 0.3 is 0 Å². The van der Waals surface area contributed by atoms with Crippen molar-refractivity contribution in [3.8, 4) is 0 Å². The number of amides is 1. The Kier molecular flexibility index (Phi) is 5.20. The first-order valence-electron chi connectivity index (χ1n) is 3.84. The molecule has 1 amide bonds. The van der Waals surface area contributed by atoms with Gasteiger partial charge < -0.3 is 15.3 Å². The molecule has 12 heavy (non-hydrogen) atoms. The molecule has 1 fully saturated rings. The summed E-state index contributed by atoms with van der Waals surface area (Å²) in [6.07, 6.45) is -0.415. The lowest BCUT2D eigenvalue weighted by Crippen LogP contribution is -2.36. The van der Waals surface area contributed by atoms with Crippen molar-refractivity contribution >= 4 is 18.3 Å². The predicted molar refractivity (Wildman–Crippen MR) is 48.4 cm³/mol. The van der Waals surface area contributed by atoms with Crippen LogP contribution in [0.25, 0.3) is 0 Å².